The van der Waals surface area contributed by atoms with E-state index < -0.39 is 64.7 Å². The van der Waals surface area contributed by atoms with Gasteiger partial charge >= 0.3 is 18.3 Å². The van der Waals surface area contributed by atoms with Crippen LogP contribution < -0.4 is 31.7 Å². The number of nitrogens with two attached hydrogens (primary N) is 1. The Morgan fingerprint density at radius 2 is 1.53 bits per heavy atom. The van der Waals surface area contributed by atoms with Gasteiger partial charge in [-0.05, 0) is 70.8 Å². The molecule has 6 N–H and O–H groups in total. The van der Waals surface area contributed by atoms with Crippen LogP contribution in [0.1, 0.15) is 59.1 Å². The Labute approximate surface area is 318 Å². The summed E-state index contributed by atoms with van der Waals surface area (Å²) in [5, 5.41) is 21.4. The van der Waals surface area contributed by atoms with Crippen molar-refractivity contribution in [1.29, 1.82) is 0 Å². The Kier molecular flexibility index (Phi) is 15.7. The molecule has 6 amide bonds. The first-order valence-corrected chi connectivity index (χ1v) is 17.7. The third-order valence-electron chi connectivity index (χ3n) is 8.21. The summed E-state index contributed by atoms with van der Waals surface area (Å²) in [5.74, 6) is -2.17. The minimum absolute atomic E-state index is 0.0353. The van der Waals surface area contributed by atoms with Gasteiger partial charge in [-0.2, -0.15) is 0 Å². The zero-order valence-corrected chi connectivity index (χ0v) is 31.8. The zero-order valence-electron chi connectivity index (χ0n) is 31.8. The van der Waals surface area contributed by atoms with Crippen LogP contribution in [0.3, 0.4) is 0 Å². The summed E-state index contributed by atoms with van der Waals surface area (Å²) in [6, 6.07) is 7.77. The van der Waals surface area contributed by atoms with Gasteiger partial charge in [0.05, 0.1) is 4.92 Å². The predicted octanol–water partition coefficient (Wildman–Crippen LogP) is 3.05. The smallest absolute Gasteiger partial charge is 0.444 e. The first-order valence-electron chi connectivity index (χ1n) is 17.7. The molecule has 3 atom stereocenters. The van der Waals surface area contributed by atoms with Crippen LogP contribution in [-0.2, 0) is 23.9 Å². The van der Waals surface area contributed by atoms with E-state index in [1.54, 1.807) is 39.5 Å². The molecule has 1 aliphatic heterocycles. The molecule has 1 aliphatic rings. The Bertz CT molecular complexity index is 1670. The van der Waals surface area contributed by atoms with Gasteiger partial charge in [-0.3, -0.25) is 24.5 Å². The van der Waals surface area contributed by atoms with Crippen molar-refractivity contribution in [3.05, 3.63) is 64.2 Å². The highest BCUT2D eigenvalue weighted by molar-refractivity contribution is 5.98. The number of hydrogen-bond donors (Lipinski definition) is 5. The zero-order chi connectivity index (χ0) is 40.9. The number of non-ortho nitro benzene ring substituents is 1. The number of carbonyl (C=O) groups is 6. The molecule has 0 spiro atoms. The average molecular weight is 771 g/mol. The van der Waals surface area contributed by atoms with E-state index in [0.29, 0.717) is 26.2 Å². The summed E-state index contributed by atoms with van der Waals surface area (Å²) >= 11 is 0. The molecule has 55 heavy (non-hydrogen) atoms. The van der Waals surface area contributed by atoms with E-state index in [0.717, 1.165) is 12.1 Å². The van der Waals surface area contributed by atoms with Gasteiger partial charge in [0.25, 0.3) is 11.6 Å². The fourth-order valence-electron chi connectivity index (χ4n) is 5.29. The number of alkyl carbamates (subject to hydrolysis) is 1. The van der Waals surface area contributed by atoms with E-state index in [2.05, 4.69) is 21.3 Å². The van der Waals surface area contributed by atoms with Gasteiger partial charge in [-0.1, -0.05) is 26.0 Å². The number of nitrogens with zero attached hydrogens (tertiary/aromatic N) is 3. The normalized spacial score (nSPS) is 14.8. The van der Waals surface area contributed by atoms with Crippen molar-refractivity contribution in [3.63, 3.8) is 0 Å². The molecule has 3 rings (SSSR count). The van der Waals surface area contributed by atoms with Gasteiger partial charge in [-0.25, -0.2) is 14.4 Å². The second-order valence-corrected chi connectivity index (χ2v) is 14.2. The molecule has 19 nitrogen and oxygen atoms in total. The van der Waals surface area contributed by atoms with Crippen LogP contribution in [0.15, 0.2) is 48.5 Å². The van der Waals surface area contributed by atoms with Crippen molar-refractivity contribution in [2.24, 2.45) is 11.7 Å². The fourth-order valence-corrected chi connectivity index (χ4v) is 5.29. The standard InChI is InChI=1S/C36H50N8O11/c1-22(2)28(41-34(49)55-36(3,4)5)31(46)40-27(8-7-17-38-33(37)48)30(45)39-24-11-9-23(10-12-24)29(32(47)43-20-18-42(6)19-21-43)54-35(50)53-26-15-13-25(14-16-26)44(51)52/h9-16,22,27-29H,7-8,17-21H2,1-6H3,(H,39,45)(H,40,46)(H,41,49)(H3,37,38,48)/t27-,28-,29?/m0/s1. The Morgan fingerprint density at radius 3 is 2.07 bits per heavy atom. The number of likely N-dealkylation sites (N-methyl/N-ethyl adjacent to an activating group) is 1. The number of nitro benzene ring substituents is 1. The van der Waals surface area contributed by atoms with Gasteiger partial charge in [0, 0.05) is 56.1 Å². The lowest BCUT2D eigenvalue weighted by Gasteiger charge is -2.34. The fraction of sp³-hybridized carbons (Fsp3) is 0.500. The van der Waals surface area contributed by atoms with Crippen LogP contribution in [0.25, 0.3) is 0 Å². The monoisotopic (exact) mass is 770 g/mol. The maximum Gasteiger partial charge on any atom is 0.514 e. The molecule has 2 aromatic carbocycles. The summed E-state index contributed by atoms with van der Waals surface area (Å²) in [6.07, 6.45) is -3.12. The van der Waals surface area contributed by atoms with Crippen molar-refractivity contribution >= 4 is 47.4 Å². The van der Waals surface area contributed by atoms with Gasteiger partial charge in [-0.15, -0.1) is 0 Å². The SMILES string of the molecule is CC(C)[C@H](NC(=O)OC(C)(C)C)C(=O)N[C@@H](CCCNC(N)=O)C(=O)Nc1ccc(C(OC(=O)Oc2ccc([N+](=O)[O-])cc2)C(=O)N2CCN(C)CC2)cc1. The number of ether oxygens (including phenoxy) is 3. The number of hydrogen-bond acceptors (Lipinski definition) is 12. The molecule has 1 saturated heterocycles. The van der Waals surface area contributed by atoms with Crippen LogP contribution in [0.4, 0.5) is 25.8 Å². The summed E-state index contributed by atoms with van der Waals surface area (Å²) in [4.78, 5) is 91.2. The van der Waals surface area contributed by atoms with Crippen molar-refractivity contribution in [2.45, 2.75) is 71.2 Å². The number of anilines is 1. The number of amides is 6. The lowest BCUT2D eigenvalue weighted by Crippen LogP contribution is -2.55. The van der Waals surface area contributed by atoms with Crippen LogP contribution in [0.5, 0.6) is 5.75 Å². The largest absolute Gasteiger partial charge is 0.514 e. The third-order valence-corrected chi connectivity index (χ3v) is 8.21. The van der Waals surface area contributed by atoms with Gasteiger partial charge in [0.2, 0.25) is 17.9 Å². The van der Waals surface area contributed by atoms with Crippen molar-refractivity contribution in [2.75, 3.05) is 45.1 Å². The molecule has 0 saturated carbocycles. The van der Waals surface area contributed by atoms with Gasteiger partial charge in [0.15, 0.2) is 0 Å². The number of piperazine rings is 1. The molecule has 19 heteroatoms. The third kappa shape index (κ3) is 14.4. The van der Waals surface area contributed by atoms with E-state index in [9.17, 15) is 38.9 Å². The molecular formula is C36H50N8O11. The van der Waals surface area contributed by atoms with E-state index in [-0.39, 0.29) is 48.0 Å². The number of carbonyl (C=O) groups excluding carboxylic acids is 6. The van der Waals surface area contributed by atoms with Gasteiger partial charge < -0.3 is 51.0 Å². The highest BCUT2D eigenvalue weighted by Crippen LogP contribution is 2.25. The molecule has 0 radical (unpaired) electrons. The van der Waals surface area contributed by atoms with Crippen LogP contribution in [-0.4, -0.2) is 108 Å². The van der Waals surface area contributed by atoms with Crippen LogP contribution in [0, 0.1) is 16.0 Å². The Balaban J connectivity index is 1.79. The molecule has 0 aromatic heterocycles. The number of urea groups is 1. The van der Waals surface area contributed by atoms with E-state index in [1.807, 2.05) is 11.9 Å². The van der Waals surface area contributed by atoms with Gasteiger partial charge in [0.1, 0.15) is 23.4 Å². The predicted molar refractivity (Wildman–Crippen MR) is 199 cm³/mol. The molecule has 300 valence electrons. The molecule has 1 heterocycles. The van der Waals surface area contributed by atoms with Crippen molar-refractivity contribution in [1.82, 2.24) is 25.8 Å². The quantitative estimate of drug-likeness (QED) is 0.0576. The maximum absolute atomic E-state index is 13.7. The van der Waals surface area contributed by atoms with E-state index >= 15 is 0 Å². The Morgan fingerprint density at radius 1 is 0.909 bits per heavy atom. The summed E-state index contributed by atoms with van der Waals surface area (Å²) in [7, 11) is 1.92. The lowest BCUT2D eigenvalue weighted by atomic mass is 10.0. The lowest BCUT2D eigenvalue weighted by molar-refractivity contribution is -0.384. The molecule has 1 fully saturated rings. The first kappa shape index (κ1) is 43.4. The molecule has 1 unspecified atom stereocenters. The average Bonchev–Trinajstić information content (AvgIpc) is 3.10. The number of primary amides is 1. The molecule has 2 aromatic rings. The second kappa shape index (κ2) is 19.9. The summed E-state index contributed by atoms with van der Waals surface area (Å²) < 4.78 is 16.0. The number of nitrogens with one attached hydrogen (secondary N) is 4. The molecular weight excluding hydrogens is 720 g/mol. The van der Waals surface area contributed by atoms with Crippen molar-refractivity contribution in [3.8, 4) is 5.75 Å². The Hall–Kier alpha value is -5.98. The number of rotatable bonds is 15. The maximum atomic E-state index is 13.7. The number of nitro groups is 1. The van der Waals surface area contributed by atoms with E-state index in [1.165, 1.54) is 36.4 Å². The molecule has 0 aliphatic carbocycles. The second-order valence-electron chi connectivity index (χ2n) is 14.2. The molecule has 0 bridgehead atoms. The highest BCUT2D eigenvalue weighted by atomic mass is 16.7. The minimum Gasteiger partial charge on any atom is -0.444 e. The van der Waals surface area contributed by atoms with Crippen LogP contribution >= 0.6 is 0 Å². The van der Waals surface area contributed by atoms with Crippen molar-refractivity contribution < 1.29 is 47.9 Å². The number of benzene rings is 2. The van der Waals surface area contributed by atoms with Crippen LogP contribution in [0.2, 0.25) is 0 Å². The highest BCUT2D eigenvalue weighted by Gasteiger charge is 2.33. The minimum atomic E-state index is -1.44. The summed E-state index contributed by atoms with van der Waals surface area (Å²) in [6.45, 7) is 10.6. The topological polar surface area (TPSA) is 254 Å². The summed E-state index contributed by atoms with van der Waals surface area (Å²) in [5.41, 5.74) is 4.68. The van der Waals surface area contributed by atoms with E-state index in [4.69, 9.17) is 19.9 Å². The first-order chi connectivity index (χ1) is 25.8.